The molecule has 1 fully saturated rings. The number of nitrogens with one attached hydrogen (secondary N) is 2. The number of benzene rings is 1. The van der Waals surface area contributed by atoms with Crippen LogP contribution < -0.4 is 10.6 Å². The second kappa shape index (κ2) is 4.38. The molecule has 6 heteroatoms. The number of amides is 1. The van der Waals surface area contributed by atoms with Gasteiger partial charge in [0.2, 0.25) is 0 Å². The fraction of sp³-hybridized carbons (Fsp3) is 0. The van der Waals surface area contributed by atoms with E-state index in [0.29, 0.717) is 10.8 Å². The summed E-state index contributed by atoms with van der Waals surface area (Å²) >= 11 is 6.83. The number of thiocarbonyl (C=S) groups is 1. The average Bonchev–Trinajstić information content (AvgIpc) is 2.51. The molecule has 1 saturated heterocycles. The van der Waals surface area contributed by atoms with Crippen molar-refractivity contribution in [1.29, 1.82) is 0 Å². The normalized spacial score (nSPS) is 17.4. The van der Waals surface area contributed by atoms with Gasteiger partial charge in [0, 0.05) is 0 Å². The van der Waals surface area contributed by atoms with E-state index in [9.17, 15) is 9.90 Å². The van der Waals surface area contributed by atoms with Crippen LogP contribution in [0.4, 0.5) is 0 Å². The largest absolute Gasteiger partial charge is 0.507 e. The Balaban J connectivity index is 2.32. The summed E-state index contributed by atoms with van der Waals surface area (Å²) in [6, 6.07) is 5.08. The molecule has 0 saturated carbocycles. The second-order valence-corrected chi connectivity index (χ2v) is 4.75. The van der Waals surface area contributed by atoms with Gasteiger partial charge in [-0.05, 0) is 58.6 Å². The molecule has 0 spiro atoms. The molecule has 1 aliphatic heterocycles. The van der Waals surface area contributed by atoms with E-state index >= 15 is 0 Å². The minimum atomic E-state index is -0.243. The van der Waals surface area contributed by atoms with Crippen molar-refractivity contribution in [1.82, 2.24) is 10.6 Å². The van der Waals surface area contributed by atoms with Gasteiger partial charge < -0.3 is 10.4 Å². The highest BCUT2D eigenvalue weighted by atomic mass is 127. The van der Waals surface area contributed by atoms with Gasteiger partial charge in [0.15, 0.2) is 5.11 Å². The lowest BCUT2D eigenvalue weighted by atomic mass is 10.2. The molecule has 3 N–H and O–H groups in total. The van der Waals surface area contributed by atoms with Crippen LogP contribution in [0.1, 0.15) is 5.56 Å². The highest BCUT2D eigenvalue weighted by Crippen LogP contribution is 2.21. The van der Waals surface area contributed by atoms with Crippen LogP contribution >= 0.6 is 34.8 Å². The van der Waals surface area contributed by atoms with Crippen molar-refractivity contribution < 1.29 is 9.90 Å². The zero-order chi connectivity index (χ0) is 11.7. The standard InChI is InChI=1S/C10H7IN2O2S/c11-6-3-5(1-2-8(6)14)4-7-9(15)13-10(16)12-7/h1-4,14H,(H2,12,13,15,16)/b7-4+. The van der Waals surface area contributed by atoms with Gasteiger partial charge in [0.25, 0.3) is 5.91 Å². The summed E-state index contributed by atoms with van der Waals surface area (Å²) in [4.78, 5) is 11.4. The highest BCUT2D eigenvalue weighted by Gasteiger charge is 2.19. The van der Waals surface area contributed by atoms with E-state index in [1.54, 1.807) is 24.3 Å². The first kappa shape index (κ1) is 11.3. The Morgan fingerprint density at radius 2 is 2.12 bits per heavy atom. The number of halogens is 1. The van der Waals surface area contributed by atoms with Crippen LogP contribution in [0.25, 0.3) is 6.08 Å². The molecular formula is C10H7IN2O2S. The molecule has 1 aromatic rings. The Labute approximate surface area is 111 Å². The lowest BCUT2D eigenvalue weighted by molar-refractivity contribution is -0.115. The Morgan fingerprint density at radius 3 is 2.69 bits per heavy atom. The maximum absolute atomic E-state index is 11.4. The first-order valence-electron chi connectivity index (χ1n) is 4.39. The summed E-state index contributed by atoms with van der Waals surface area (Å²) in [6.07, 6.45) is 1.68. The van der Waals surface area contributed by atoms with Crippen LogP contribution in [0.2, 0.25) is 0 Å². The fourth-order valence-electron chi connectivity index (χ4n) is 1.26. The number of phenolic OH excluding ortho intramolecular Hbond substituents is 1. The van der Waals surface area contributed by atoms with Crippen molar-refractivity contribution in [2.45, 2.75) is 0 Å². The van der Waals surface area contributed by atoms with Crippen molar-refractivity contribution in [3.05, 3.63) is 33.0 Å². The molecular weight excluding hydrogens is 339 g/mol. The summed E-state index contributed by atoms with van der Waals surface area (Å²) in [5, 5.41) is 14.9. The molecule has 82 valence electrons. The number of carbonyl (C=O) groups excluding carboxylic acids is 1. The maximum Gasteiger partial charge on any atom is 0.273 e. The molecule has 0 radical (unpaired) electrons. The summed E-state index contributed by atoms with van der Waals surface area (Å²) in [7, 11) is 0. The van der Waals surface area contributed by atoms with Crippen LogP contribution in [0, 0.1) is 3.57 Å². The number of aromatic hydroxyl groups is 1. The Hall–Kier alpha value is -1.15. The molecule has 2 rings (SSSR count). The van der Waals surface area contributed by atoms with Gasteiger partial charge in [-0.15, -0.1) is 0 Å². The molecule has 0 aromatic heterocycles. The van der Waals surface area contributed by atoms with E-state index in [-0.39, 0.29) is 11.7 Å². The van der Waals surface area contributed by atoms with Gasteiger partial charge in [-0.2, -0.15) is 0 Å². The van der Waals surface area contributed by atoms with Crippen LogP contribution in [0.5, 0.6) is 5.75 Å². The topological polar surface area (TPSA) is 61.4 Å². The maximum atomic E-state index is 11.4. The van der Waals surface area contributed by atoms with Gasteiger partial charge >= 0.3 is 0 Å². The van der Waals surface area contributed by atoms with E-state index < -0.39 is 0 Å². The summed E-state index contributed by atoms with van der Waals surface area (Å²) in [6.45, 7) is 0. The van der Waals surface area contributed by atoms with Crippen molar-refractivity contribution in [2.75, 3.05) is 0 Å². The molecule has 0 bridgehead atoms. The van der Waals surface area contributed by atoms with Gasteiger partial charge in [-0.25, -0.2) is 0 Å². The minimum Gasteiger partial charge on any atom is -0.507 e. The monoisotopic (exact) mass is 346 g/mol. The zero-order valence-electron chi connectivity index (χ0n) is 7.95. The number of rotatable bonds is 1. The van der Waals surface area contributed by atoms with E-state index in [1.807, 2.05) is 22.6 Å². The summed E-state index contributed by atoms with van der Waals surface area (Å²) < 4.78 is 0.730. The summed E-state index contributed by atoms with van der Waals surface area (Å²) in [5.41, 5.74) is 1.23. The van der Waals surface area contributed by atoms with Crippen molar-refractivity contribution >= 4 is 51.9 Å². The number of hydrogen-bond acceptors (Lipinski definition) is 3. The second-order valence-electron chi connectivity index (χ2n) is 3.18. The Bertz CT molecular complexity index is 514. The van der Waals surface area contributed by atoms with Crippen molar-refractivity contribution in [3.8, 4) is 5.75 Å². The Morgan fingerprint density at radius 1 is 1.38 bits per heavy atom. The van der Waals surface area contributed by atoms with E-state index in [2.05, 4.69) is 10.6 Å². The van der Waals surface area contributed by atoms with E-state index in [1.165, 1.54) is 0 Å². The SMILES string of the molecule is O=C1NC(=S)N/C1=C/c1ccc(O)c(I)c1. The van der Waals surface area contributed by atoms with Gasteiger partial charge in [-0.1, -0.05) is 6.07 Å². The quantitative estimate of drug-likeness (QED) is 0.408. The predicted octanol–water partition coefficient (Wildman–Crippen LogP) is 1.34. The average molecular weight is 346 g/mol. The van der Waals surface area contributed by atoms with Crippen molar-refractivity contribution in [2.24, 2.45) is 0 Å². The van der Waals surface area contributed by atoms with Crippen LogP contribution in [0.3, 0.4) is 0 Å². The van der Waals surface area contributed by atoms with Crippen LogP contribution in [0.15, 0.2) is 23.9 Å². The highest BCUT2D eigenvalue weighted by molar-refractivity contribution is 14.1. The fourth-order valence-corrected chi connectivity index (χ4v) is 2.00. The molecule has 4 nitrogen and oxygen atoms in total. The molecule has 1 aliphatic rings. The smallest absolute Gasteiger partial charge is 0.273 e. The van der Waals surface area contributed by atoms with E-state index in [0.717, 1.165) is 9.13 Å². The molecule has 1 amide bonds. The first-order chi connectivity index (χ1) is 7.56. The lowest BCUT2D eigenvalue weighted by Crippen LogP contribution is -2.21. The Kier molecular flexibility index (Phi) is 3.10. The third-order valence-electron chi connectivity index (χ3n) is 2.00. The molecule has 0 unspecified atom stereocenters. The third-order valence-corrected chi connectivity index (χ3v) is 3.07. The number of carbonyl (C=O) groups is 1. The third kappa shape index (κ3) is 2.33. The van der Waals surface area contributed by atoms with Crippen molar-refractivity contribution in [3.63, 3.8) is 0 Å². The number of phenols is 1. The molecule has 1 aromatic carbocycles. The summed E-state index contributed by atoms with van der Waals surface area (Å²) in [5.74, 6) is -0.0183. The van der Waals surface area contributed by atoms with Gasteiger partial charge in [0.05, 0.1) is 3.57 Å². The zero-order valence-corrected chi connectivity index (χ0v) is 10.9. The molecule has 0 aliphatic carbocycles. The van der Waals surface area contributed by atoms with Crippen LogP contribution in [-0.2, 0) is 4.79 Å². The number of hydrogen-bond donors (Lipinski definition) is 3. The van der Waals surface area contributed by atoms with E-state index in [4.69, 9.17) is 12.2 Å². The predicted molar refractivity (Wildman–Crippen MR) is 72.7 cm³/mol. The van der Waals surface area contributed by atoms with Gasteiger partial charge in [0.1, 0.15) is 11.4 Å². The van der Waals surface area contributed by atoms with Gasteiger partial charge in [-0.3, -0.25) is 10.1 Å². The molecule has 1 heterocycles. The molecule has 16 heavy (non-hydrogen) atoms. The minimum absolute atomic E-state index is 0.224. The lowest BCUT2D eigenvalue weighted by Gasteiger charge is -1.99. The first-order valence-corrected chi connectivity index (χ1v) is 5.87. The van der Waals surface area contributed by atoms with Crippen LogP contribution in [-0.4, -0.2) is 16.1 Å². The molecule has 0 atom stereocenters.